The molecule has 2 aromatic heterocycles. The molecule has 0 bridgehead atoms. The average molecular weight is 319 g/mol. The molecular weight excluding hydrogens is 298 g/mol. The van der Waals surface area contributed by atoms with E-state index in [0.717, 1.165) is 36.5 Å². The Morgan fingerprint density at radius 3 is 2.88 bits per heavy atom. The Balaban J connectivity index is 1.76. The number of nitrogens with zero attached hydrogens (tertiary/aromatic N) is 1. The summed E-state index contributed by atoms with van der Waals surface area (Å²) in [4.78, 5) is 4.50. The number of hydrogen-bond donors (Lipinski definition) is 2. The summed E-state index contributed by atoms with van der Waals surface area (Å²) in [6.45, 7) is 2.15. The van der Waals surface area contributed by atoms with Crippen molar-refractivity contribution in [3.63, 3.8) is 0 Å². The Kier molecular flexibility index (Phi) is 4.05. The molecule has 3 aromatic rings. The minimum atomic E-state index is 0.542. The van der Waals surface area contributed by atoms with Crippen LogP contribution >= 0.6 is 0 Å². The molecule has 3 heterocycles. The number of pyridine rings is 1. The first-order chi connectivity index (χ1) is 11.8. The molecule has 1 atom stereocenters. The minimum Gasteiger partial charge on any atom is -0.469 e. The zero-order valence-electron chi connectivity index (χ0n) is 13.5. The highest BCUT2D eigenvalue weighted by molar-refractivity contribution is 5.66. The molecule has 0 radical (unpaired) electrons. The van der Waals surface area contributed by atoms with Gasteiger partial charge < -0.3 is 15.5 Å². The maximum absolute atomic E-state index is 5.87. The number of benzene rings is 1. The quantitative estimate of drug-likeness (QED) is 0.771. The molecule has 1 aliphatic heterocycles. The Bertz CT molecular complexity index is 821. The summed E-state index contributed by atoms with van der Waals surface area (Å²) in [6, 6.07) is 16.4. The first-order valence-corrected chi connectivity index (χ1v) is 8.38. The fraction of sp³-hybridized carbons (Fsp3) is 0.250. The van der Waals surface area contributed by atoms with Crippen molar-refractivity contribution < 1.29 is 4.42 Å². The highest BCUT2D eigenvalue weighted by Gasteiger charge is 2.18. The molecule has 4 nitrogen and oxygen atoms in total. The van der Waals surface area contributed by atoms with E-state index in [4.69, 9.17) is 10.2 Å². The second-order valence-corrected chi connectivity index (χ2v) is 6.31. The molecule has 0 spiro atoms. The Hall–Kier alpha value is -2.59. The molecule has 1 aromatic carbocycles. The maximum atomic E-state index is 5.87. The van der Waals surface area contributed by atoms with E-state index >= 15 is 0 Å². The molecule has 4 heteroatoms. The van der Waals surface area contributed by atoms with Gasteiger partial charge in [-0.1, -0.05) is 24.3 Å². The average Bonchev–Trinajstić information content (AvgIpc) is 3.28. The summed E-state index contributed by atoms with van der Waals surface area (Å²) in [5.41, 5.74) is 10.5. The molecule has 0 aliphatic carbocycles. The summed E-state index contributed by atoms with van der Waals surface area (Å²) < 4.78 is 5.56. The summed E-state index contributed by atoms with van der Waals surface area (Å²) in [5, 5.41) is 3.44. The lowest BCUT2D eigenvalue weighted by atomic mass is 9.91. The van der Waals surface area contributed by atoms with Gasteiger partial charge in [0.15, 0.2) is 0 Å². The van der Waals surface area contributed by atoms with Gasteiger partial charge in [0, 0.05) is 18.5 Å². The van der Waals surface area contributed by atoms with Crippen molar-refractivity contribution in [1.82, 2.24) is 10.3 Å². The van der Waals surface area contributed by atoms with Crippen molar-refractivity contribution in [2.24, 2.45) is 0 Å². The SMILES string of the molecule is Nc1cccc(-c2ccc(C3CCNC3)cc2Cc2ccco2)n1. The van der Waals surface area contributed by atoms with Gasteiger partial charge in [0.1, 0.15) is 11.6 Å². The van der Waals surface area contributed by atoms with Crippen molar-refractivity contribution in [3.05, 3.63) is 71.7 Å². The number of furan rings is 1. The van der Waals surface area contributed by atoms with Crippen molar-refractivity contribution in [1.29, 1.82) is 0 Å². The molecule has 1 saturated heterocycles. The number of anilines is 1. The number of nitrogens with one attached hydrogen (secondary N) is 1. The largest absolute Gasteiger partial charge is 0.469 e. The van der Waals surface area contributed by atoms with Crippen LogP contribution in [0.15, 0.2) is 59.2 Å². The topological polar surface area (TPSA) is 64.1 Å². The molecule has 1 fully saturated rings. The van der Waals surface area contributed by atoms with Crippen LogP contribution in [0.3, 0.4) is 0 Å². The van der Waals surface area contributed by atoms with Gasteiger partial charge in [-0.25, -0.2) is 4.98 Å². The van der Waals surface area contributed by atoms with Crippen molar-refractivity contribution >= 4 is 5.82 Å². The predicted molar refractivity (Wildman–Crippen MR) is 95.8 cm³/mol. The van der Waals surface area contributed by atoms with Gasteiger partial charge in [0.25, 0.3) is 0 Å². The molecule has 3 N–H and O–H groups in total. The van der Waals surface area contributed by atoms with Crippen LogP contribution in [0, 0.1) is 0 Å². The van der Waals surface area contributed by atoms with Gasteiger partial charge in [0.2, 0.25) is 0 Å². The zero-order valence-corrected chi connectivity index (χ0v) is 13.5. The lowest BCUT2D eigenvalue weighted by molar-refractivity contribution is 0.521. The lowest BCUT2D eigenvalue weighted by Crippen LogP contribution is -2.08. The third-order valence-corrected chi connectivity index (χ3v) is 4.65. The predicted octanol–water partition coefficient (Wildman–Crippen LogP) is 3.59. The van der Waals surface area contributed by atoms with Crippen LogP contribution in [0.5, 0.6) is 0 Å². The fourth-order valence-electron chi connectivity index (χ4n) is 3.41. The second-order valence-electron chi connectivity index (χ2n) is 6.31. The third-order valence-electron chi connectivity index (χ3n) is 4.65. The Labute approximate surface area is 141 Å². The van der Waals surface area contributed by atoms with Crippen LogP contribution in [0.1, 0.15) is 29.2 Å². The van der Waals surface area contributed by atoms with Gasteiger partial charge >= 0.3 is 0 Å². The smallest absolute Gasteiger partial charge is 0.124 e. The molecule has 0 saturated carbocycles. The molecule has 1 unspecified atom stereocenters. The van der Waals surface area contributed by atoms with Crippen LogP contribution < -0.4 is 11.1 Å². The van der Waals surface area contributed by atoms with Gasteiger partial charge in [0.05, 0.1) is 12.0 Å². The number of nitrogen functional groups attached to an aromatic ring is 1. The van der Waals surface area contributed by atoms with Crippen LogP contribution in [-0.2, 0) is 6.42 Å². The number of hydrogen-bond acceptors (Lipinski definition) is 4. The van der Waals surface area contributed by atoms with E-state index in [-0.39, 0.29) is 0 Å². The first kappa shape index (κ1) is 15.0. The van der Waals surface area contributed by atoms with E-state index in [2.05, 4.69) is 28.5 Å². The number of nitrogens with two attached hydrogens (primary N) is 1. The molecule has 1 aliphatic rings. The molecule has 4 rings (SSSR count). The number of rotatable bonds is 4. The lowest BCUT2D eigenvalue weighted by Gasteiger charge is -2.14. The molecule has 0 amide bonds. The van der Waals surface area contributed by atoms with Crippen molar-refractivity contribution in [2.75, 3.05) is 18.8 Å². The van der Waals surface area contributed by atoms with Crippen LogP contribution in [0.25, 0.3) is 11.3 Å². The summed E-state index contributed by atoms with van der Waals surface area (Å²) in [5.74, 6) is 2.09. The van der Waals surface area contributed by atoms with Crippen LogP contribution in [-0.4, -0.2) is 18.1 Å². The fourth-order valence-corrected chi connectivity index (χ4v) is 3.41. The third kappa shape index (κ3) is 3.05. The van der Waals surface area contributed by atoms with Gasteiger partial charge in [-0.2, -0.15) is 0 Å². The van der Waals surface area contributed by atoms with Gasteiger partial charge in [-0.15, -0.1) is 0 Å². The Morgan fingerprint density at radius 2 is 2.12 bits per heavy atom. The van der Waals surface area contributed by atoms with E-state index in [0.29, 0.717) is 11.7 Å². The maximum Gasteiger partial charge on any atom is 0.124 e. The summed E-state index contributed by atoms with van der Waals surface area (Å²) >= 11 is 0. The first-order valence-electron chi connectivity index (χ1n) is 8.38. The summed E-state index contributed by atoms with van der Waals surface area (Å²) in [7, 11) is 0. The molecule has 24 heavy (non-hydrogen) atoms. The van der Waals surface area contributed by atoms with Crippen LogP contribution in [0.4, 0.5) is 5.82 Å². The van der Waals surface area contributed by atoms with E-state index in [9.17, 15) is 0 Å². The zero-order chi connectivity index (χ0) is 16.4. The monoisotopic (exact) mass is 319 g/mol. The highest BCUT2D eigenvalue weighted by Crippen LogP contribution is 2.30. The summed E-state index contributed by atoms with van der Waals surface area (Å²) in [6.07, 6.45) is 3.67. The normalized spacial score (nSPS) is 17.2. The minimum absolute atomic E-state index is 0.542. The van der Waals surface area contributed by atoms with Crippen LogP contribution in [0.2, 0.25) is 0 Å². The molecular formula is C20H21N3O. The number of aromatic nitrogens is 1. The Morgan fingerprint density at radius 1 is 1.17 bits per heavy atom. The highest BCUT2D eigenvalue weighted by atomic mass is 16.3. The van der Waals surface area contributed by atoms with Crippen molar-refractivity contribution in [3.8, 4) is 11.3 Å². The van der Waals surface area contributed by atoms with Crippen molar-refractivity contribution in [2.45, 2.75) is 18.8 Å². The van der Waals surface area contributed by atoms with E-state index in [1.807, 2.05) is 30.3 Å². The van der Waals surface area contributed by atoms with E-state index in [1.54, 1.807) is 6.26 Å². The van der Waals surface area contributed by atoms with E-state index < -0.39 is 0 Å². The van der Waals surface area contributed by atoms with Gasteiger partial charge in [-0.3, -0.25) is 0 Å². The molecule has 122 valence electrons. The van der Waals surface area contributed by atoms with Gasteiger partial charge in [-0.05, 0) is 54.3 Å². The van der Waals surface area contributed by atoms with E-state index in [1.165, 1.54) is 17.5 Å². The second kappa shape index (κ2) is 6.49. The standard InChI is InChI=1S/C20H21N3O/c21-20-5-1-4-19(23-20)18-7-6-14(15-8-9-22-13-15)11-16(18)12-17-3-2-10-24-17/h1-7,10-11,15,22H,8-9,12-13H2,(H2,21,23).